The van der Waals surface area contributed by atoms with Crippen molar-refractivity contribution in [2.45, 2.75) is 26.3 Å². The first kappa shape index (κ1) is 21.4. The van der Waals surface area contributed by atoms with Crippen LogP contribution in [-0.4, -0.2) is 49.0 Å². The van der Waals surface area contributed by atoms with Gasteiger partial charge in [-0.3, -0.25) is 14.5 Å². The van der Waals surface area contributed by atoms with Crippen LogP contribution in [0.3, 0.4) is 0 Å². The molecule has 1 unspecified atom stereocenters. The Balaban J connectivity index is 1.78. The van der Waals surface area contributed by atoms with E-state index < -0.39 is 6.04 Å². The third-order valence-electron chi connectivity index (χ3n) is 4.26. The maximum atomic E-state index is 12.5. The van der Waals surface area contributed by atoms with E-state index in [1.165, 1.54) is 0 Å². The molecule has 6 nitrogen and oxygen atoms in total. The van der Waals surface area contributed by atoms with E-state index in [1.54, 1.807) is 0 Å². The summed E-state index contributed by atoms with van der Waals surface area (Å²) in [5.74, 6) is 0.528. The van der Waals surface area contributed by atoms with Gasteiger partial charge in [0.25, 0.3) is 0 Å². The zero-order valence-corrected chi connectivity index (χ0v) is 16.6. The Kier molecular flexibility index (Phi) is 9.01. The van der Waals surface area contributed by atoms with Crippen LogP contribution in [0.1, 0.15) is 20.3 Å². The van der Waals surface area contributed by atoms with Gasteiger partial charge in [0.2, 0.25) is 11.8 Å². The number of amides is 2. The van der Waals surface area contributed by atoms with E-state index >= 15 is 0 Å². The quantitative estimate of drug-likeness (QED) is 0.586. The van der Waals surface area contributed by atoms with Crippen LogP contribution in [0.4, 0.5) is 5.69 Å². The molecule has 2 rings (SSSR count). The van der Waals surface area contributed by atoms with Crippen molar-refractivity contribution in [3.8, 4) is 5.75 Å². The number of nitrogens with zero attached hydrogens (tertiary/aromatic N) is 1. The molecule has 0 fully saturated rings. The Labute approximate surface area is 166 Å². The zero-order chi connectivity index (χ0) is 20.2. The van der Waals surface area contributed by atoms with Gasteiger partial charge in [-0.1, -0.05) is 43.3 Å². The Hall–Kier alpha value is -2.86. The number of anilines is 1. The Morgan fingerprint density at radius 2 is 1.68 bits per heavy atom. The molecule has 2 aromatic carbocycles. The molecule has 0 spiro atoms. The van der Waals surface area contributed by atoms with Gasteiger partial charge in [-0.2, -0.15) is 0 Å². The molecule has 0 aromatic heterocycles. The Bertz CT molecular complexity index is 722. The molecule has 0 saturated heterocycles. The second-order valence-electron chi connectivity index (χ2n) is 6.51. The molecule has 0 aliphatic heterocycles. The normalized spacial score (nSPS) is 11.7. The van der Waals surface area contributed by atoms with Crippen molar-refractivity contribution in [3.63, 3.8) is 0 Å². The fourth-order valence-electron chi connectivity index (χ4n) is 2.75. The first-order valence-electron chi connectivity index (χ1n) is 9.64. The number of nitrogens with one attached hydrogen (secondary N) is 2. The zero-order valence-electron chi connectivity index (χ0n) is 16.6. The van der Waals surface area contributed by atoms with E-state index in [0.717, 1.165) is 17.9 Å². The lowest BCUT2D eigenvalue weighted by Crippen LogP contribution is -2.47. The number of para-hydroxylation sites is 2. The smallest absolute Gasteiger partial charge is 0.241 e. The highest BCUT2D eigenvalue weighted by Gasteiger charge is 2.22. The monoisotopic (exact) mass is 383 g/mol. The van der Waals surface area contributed by atoms with Gasteiger partial charge in [-0.15, -0.1) is 0 Å². The largest absolute Gasteiger partial charge is 0.492 e. The number of rotatable bonds is 11. The van der Waals surface area contributed by atoms with E-state index in [2.05, 4.69) is 10.6 Å². The van der Waals surface area contributed by atoms with Crippen molar-refractivity contribution in [2.24, 2.45) is 0 Å². The molecule has 150 valence electrons. The Morgan fingerprint density at radius 3 is 2.32 bits per heavy atom. The van der Waals surface area contributed by atoms with Gasteiger partial charge in [-0.25, -0.2) is 0 Å². The second kappa shape index (κ2) is 11.8. The summed E-state index contributed by atoms with van der Waals surface area (Å²) in [4.78, 5) is 26.7. The Morgan fingerprint density at radius 1 is 1.04 bits per heavy atom. The molecule has 2 amide bonds. The summed E-state index contributed by atoms with van der Waals surface area (Å²) in [5, 5.41) is 5.74. The first-order chi connectivity index (χ1) is 13.6. The molecule has 0 radical (unpaired) electrons. The van der Waals surface area contributed by atoms with E-state index in [0.29, 0.717) is 19.7 Å². The molecule has 0 heterocycles. The summed E-state index contributed by atoms with van der Waals surface area (Å²) in [5.41, 5.74) is 0.748. The van der Waals surface area contributed by atoms with Crippen molar-refractivity contribution < 1.29 is 14.3 Å². The fraction of sp³-hybridized carbons (Fsp3) is 0.364. The predicted molar refractivity (Wildman–Crippen MR) is 111 cm³/mol. The van der Waals surface area contributed by atoms with E-state index in [9.17, 15) is 9.59 Å². The molecular formula is C22H29N3O3. The third-order valence-corrected chi connectivity index (χ3v) is 4.26. The van der Waals surface area contributed by atoms with E-state index in [1.807, 2.05) is 79.4 Å². The van der Waals surface area contributed by atoms with Crippen molar-refractivity contribution in [2.75, 3.05) is 31.6 Å². The van der Waals surface area contributed by atoms with Crippen molar-refractivity contribution in [1.82, 2.24) is 10.2 Å². The van der Waals surface area contributed by atoms with Gasteiger partial charge in [0, 0.05) is 5.69 Å². The van der Waals surface area contributed by atoms with Crippen LogP contribution in [0.5, 0.6) is 5.75 Å². The minimum absolute atomic E-state index is 0.121. The van der Waals surface area contributed by atoms with Crippen molar-refractivity contribution >= 4 is 17.5 Å². The van der Waals surface area contributed by atoms with Crippen molar-refractivity contribution in [1.29, 1.82) is 0 Å². The summed E-state index contributed by atoms with van der Waals surface area (Å²) in [6.45, 7) is 5.49. The fourth-order valence-corrected chi connectivity index (χ4v) is 2.75. The summed E-state index contributed by atoms with van der Waals surface area (Å²) in [7, 11) is 0. The molecule has 0 saturated carbocycles. The lowest BCUT2D eigenvalue weighted by atomic mass is 10.2. The second-order valence-corrected chi connectivity index (χ2v) is 6.51. The van der Waals surface area contributed by atoms with Crippen LogP contribution in [0.2, 0.25) is 0 Å². The van der Waals surface area contributed by atoms with E-state index in [-0.39, 0.29) is 18.4 Å². The van der Waals surface area contributed by atoms with Crippen LogP contribution in [-0.2, 0) is 9.59 Å². The molecule has 0 bridgehead atoms. The summed E-state index contributed by atoms with van der Waals surface area (Å²) >= 11 is 0. The maximum absolute atomic E-state index is 12.5. The molecule has 0 aliphatic rings. The van der Waals surface area contributed by atoms with Gasteiger partial charge >= 0.3 is 0 Å². The topological polar surface area (TPSA) is 70.7 Å². The summed E-state index contributed by atoms with van der Waals surface area (Å²) in [6.07, 6.45) is 0.855. The molecule has 1 atom stereocenters. The van der Waals surface area contributed by atoms with E-state index in [4.69, 9.17) is 4.74 Å². The van der Waals surface area contributed by atoms with Crippen LogP contribution in [0.25, 0.3) is 0 Å². The highest BCUT2D eigenvalue weighted by Crippen LogP contribution is 2.09. The van der Waals surface area contributed by atoms with Crippen LogP contribution in [0.15, 0.2) is 60.7 Å². The number of hydrogen-bond donors (Lipinski definition) is 2. The first-order valence-corrected chi connectivity index (χ1v) is 9.64. The number of hydrogen-bond acceptors (Lipinski definition) is 4. The average Bonchev–Trinajstić information content (AvgIpc) is 2.72. The van der Waals surface area contributed by atoms with Crippen molar-refractivity contribution in [3.05, 3.63) is 60.7 Å². The molecular weight excluding hydrogens is 354 g/mol. The third kappa shape index (κ3) is 7.40. The number of ether oxygens (including phenoxy) is 1. The van der Waals surface area contributed by atoms with Gasteiger partial charge in [0.15, 0.2) is 0 Å². The molecule has 28 heavy (non-hydrogen) atoms. The molecule has 0 aliphatic carbocycles. The SMILES string of the molecule is CCCN(CC(=O)NCCOc1ccccc1)C(C)C(=O)Nc1ccccc1. The van der Waals surface area contributed by atoms with Gasteiger partial charge in [0.05, 0.1) is 19.1 Å². The minimum Gasteiger partial charge on any atom is -0.492 e. The molecule has 2 aromatic rings. The summed E-state index contributed by atoms with van der Waals surface area (Å²) < 4.78 is 5.57. The molecule has 6 heteroatoms. The highest BCUT2D eigenvalue weighted by molar-refractivity contribution is 5.94. The summed E-state index contributed by atoms with van der Waals surface area (Å²) in [6, 6.07) is 18.4. The highest BCUT2D eigenvalue weighted by atomic mass is 16.5. The van der Waals surface area contributed by atoms with Crippen LogP contribution >= 0.6 is 0 Å². The lowest BCUT2D eigenvalue weighted by molar-refractivity contribution is -0.125. The maximum Gasteiger partial charge on any atom is 0.241 e. The van der Waals surface area contributed by atoms with Crippen LogP contribution in [0, 0.1) is 0 Å². The van der Waals surface area contributed by atoms with Gasteiger partial charge in [-0.05, 0) is 44.2 Å². The minimum atomic E-state index is -0.411. The number of carbonyl (C=O) groups excluding carboxylic acids is 2. The number of carbonyl (C=O) groups is 2. The van der Waals surface area contributed by atoms with Gasteiger partial charge < -0.3 is 15.4 Å². The number of benzene rings is 2. The van der Waals surface area contributed by atoms with Gasteiger partial charge in [0.1, 0.15) is 12.4 Å². The molecule has 2 N–H and O–H groups in total. The lowest BCUT2D eigenvalue weighted by Gasteiger charge is -2.27. The average molecular weight is 383 g/mol. The predicted octanol–water partition coefficient (Wildman–Crippen LogP) is 2.92. The van der Waals surface area contributed by atoms with Crippen LogP contribution < -0.4 is 15.4 Å². The standard InChI is InChI=1S/C22H29N3O3/c1-3-15-25(18(2)22(27)24-19-10-6-4-7-11-19)17-21(26)23-14-16-28-20-12-8-5-9-13-20/h4-13,18H,3,14-17H2,1-2H3,(H,23,26)(H,24,27).